The van der Waals surface area contributed by atoms with Gasteiger partial charge in [0.1, 0.15) is 0 Å². The van der Waals surface area contributed by atoms with Crippen molar-refractivity contribution in [3.8, 4) is 11.8 Å². The number of hydrogen-bond donors (Lipinski definition) is 1. The summed E-state index contributed by atoms with van der Waals surface area (Å²) in [7, 11) is 1.58. The van der Waals surface area contributed by atoms with Gasteiger partial charge in [-0.15, -0.1) is 0 Å². The highest BCUT2D eigenvalue weighted by molar-refractivity contribution is 5.49. The molecular weight excluding hydrogens is 228 g/mol. The smallest absolute Gasteiger partial charge is 0.240 e. The largest absolute Gasteiger partial charge is 0.481 e. The quantitative estimate of drug-likeness (QED) is 0.720. The highest BCUT2D eigenvalue weighted by atomic mass is 16.5. The summed E-state index contributed by atoms with van der Waals surface area (Å²) in [5, 5.41) is 0. The lowest BCUT2D eigenvalue weighted by Gasteiger charge is -2.15. The molecular formula is C14H24N2O2. The molecule has 0 aliphatic heterocycles. The predicted octanol–water partition coefficient (Wildman–Crippen LogP) is 3.41. The number of anilines is 1. The maximum absolute atomic E-state index is 5.83. The van der Waals surface area contributed by atoms with Gasteiger partial charge in [0, 0.05) is 6.07 Å². The molecule has 2 N–H and O–H groups in total. The molecule has 0 amide bonds. The van der Waals surface area contributed by atoms with Crippen molar-refractivity contribution in [2.24, 2.45) is 0 Å². The maximum Gasteiger partial charge on any atom is 0.240 e. The number of rotatable bonds is 8. The van der Waals surface area contributed by atoms with Crippen LogP contribution < -0.4 is 15.2 Å². The Morgan fingerprint density at radius 2 is 2.06 bits per heavy atom. The minimum absolute atomic E-state index is 0.128. The van der Waals surface area contributed by atoms with Gasteiger partial charge < -0.3 is 15.2 Å². The molecule has 0 saturated carbocycles. The van der Waals surface area contributed by atoms with E-state index in [1.54, 1.807) is 19.2 Å². The molecule has 0 bridgehead atoms. The molecule has 4 heteroatoms. The standard InChI is InChI=1S/C14H24N2O2/c1-4-5-6-7-8-11(2)18-14-12(15)9-10-13(16-14)17-3/h9-11H,4-8,15H2,1-3H3. The topological polar surface area (TPSA) is 57.4 Å². The van der Waals surface area contributed by atoms with E-state index in [1.165, 1.54) is 25.7 Å². The van der Waals surface area contributed by atoms with E-state index < -0.39 is 0 Å². The molecule has 1 unspecified atom stereocenters. The summed E-state index contributed by atoms with van der Waals surface area (Å²) < 4.78 is 10.8. The third kappa shape index (κ3) is 4.82. The van der Waals surface area contributed by atoms with Crippen LogP contribution in [-0.4, -0.2) is 18.2 Å². The van der Waals surface area contributed by atoms with Gasteiger partial charge in [0.15, 0.2) is 0 Å². The van der Waals surface area contributed by atoms with E-state index in [4.69, 9.17) is 15.2 Å². The Labute approximate surface area is 110 Å². The van der Waals surface area contributed by atoms with E-state index in [-0.39, 0.29) is 6.10 Å². The van der Waals surface area contributed by atoms with Crippen LogP contribution in [0.2, 0.25) is 0 Å². The fraction of sp³-hybridized carbons (Fsp3) is 0.643. The summed E-state index contributed by atoms with van der Waals surface area (Å²) in [6, 6.07) is 3.49. The molecule has 0 radical (unpaired) electrons. The Morgan fingerprint density at radius 1 is 1.28 bits per heavy atom. The normalized spacial score (nSPS) is 12.2. The summed E-state index contributed by atoms with van der Waals surface area (Å²) in [6.07, 6.45) is 6.12. The lowest BCUT2D eigenvalue weighted by molar-refractivity contribution is 0.197. The number of nitrogens with zero attached hydrogens (tertiary/aromatic N) is 1. The highest BCUT2D eigenvalue weighted by Gasteiger charge is 2.09. The minimum Gasteiger partial charge on any atom is -0.481 e. The first-order valence-corrected chi connectivity index (χ1v) is 6.64. The van der Waals surface area contributed by atoms with Crippen molar-refractivity contribution < 1.29 is 9.47 Å². The van der Waals surface area contributed by atoms with Gasteiger partial charge in [0.05, 0.1) is 18.9 Å². The predicted molar refractivity (Wildman–Crippen MR) is 74.1 cm³/mol. The second kappa shape index (κ2) is 7.80. The molecule has 102 valence electrons. The zero-order valence-electron chi connectivity index (χ0n) is 11.6. The SMILES string of the molecule is CCCCCCC(C)Oc1nc(OC)ccc1N. The number of nitrogens with two attached hydrogens (primary N) is 1. The number of hydrogen-bond acceptors (Lipinski definition) is 4. The molecule has 18 heavy (non-hydrogen) atoms. The van der Waals surface area contributed by atoms with Gasteiger partial charge >= 0.3 is 0 Å². The fourth-order valence-corrected chi connectivity index (χ4v) is 1.75. The lowest BCUT2D eigenvalue weighted by Crippen LogP contribution is -2.13. The third-order valence-corrected chi connectivity index (χ3v) is 2.85. The van der Waals surface area contributed by atoms with Gasteiger partial charge in [0.2, 0.25) is 11.8 Å². The Morgan fingerprint density at radius 3 is 2.72 bits per heavy atom. The van der Waals surface area contributed by atoms with E-state index in [1.807, 2.05) is 6.92 Å². The second-order valence-corrected chi connectivity index (χ2v) is 4.53. The zero-order chi connectivity index (χ0) is 13.4. The van der Waals surface area contributed by atoms with Gasteiger partial charge in [-0.3, -0.25) is 0 Å². The van der Waals surface area contributed by atoms with Crippen LogP contribution in [0.3, 0.4) is 0 Å². The second-order valence-electron chi connectivity index (χ2n) is 4.53. The van der Waals surface area contributed by atoms with E-state index in [2.05, 4.69) is 11.9 Å². The number of ether oxygens (including phenoxy) is 2. The van der Waals surface area contributed by atoms with E-state index in [0.29, 0.717) is 17.4 Å². The van der Waals surface area contributed by atoms with Crippen LogP contribution in [0.4, 0.5) is 5.69 Å². The summed E-state index contributed by atoms with van der Waals surface area (Å²) >= 11 is 0. The Bertz CT molecular complexity index is 356. The average Bonchev–Trinajstić information content (AvgIpc) is 2.37. The molecule has 0 saturated heterocycles. The van der Waals surface area contributed by atoms with Gasteiger partial charge in [-0.25, -0.2) is 0 Å². The van der Waals surface area contributed by atoms with Crippen LogP contribution >= 0.6 is 0 Å². The van der Waals surface area contributed by atoms with E-state index >= 15 is 0 Å². The molecule has 0 fully saturated rings. The van der Waals surface area contributed by atoms with Crippen molar-refractivity contribution in [1.82, 2.24) is 4.98 Å². The third-order valence-electron chi connectivity index (χ3n) is 2.85. The van der Waals surface area contributed by atoms with Crippen molar-refractivity contribution >= 4 is 5.69 Å². The van der Waals surface area contributed by atoms with Gasteiger partial charge in [-0.2, -0.15) is 4.98 Å². The van der Waals surface area contributed by atoms with Crippen molar-refractivity contribution in [2.45, 2.75) is 52.1 Å². The number of aromatic nitrogens is 1. The van der Waals surface area contributed by atoms with Gasteiger partial charge in [-0.1, -0.05) is 26.2 Å². The molecule has 0 aliphatic rings. The molecule has 4 nitrogen and oxygen atoms in total. The van der Waals surface area contributed by atoms with E-state index in [0.717, 1.165) is 6.42 Å². The van der Waals surface area contributed by atoms with Crippen molar-refractivity contribution in [2.75, 3.05) is 12.8 Å². The molecule has 1 heterocycles. The van der Waals surface area contributed by atoms with Crippen molar-refractivity contribution in [1.29, 1.82) is 0 Å². The number of pyridine rings is 1. The van der Waals surface area contributed by atoms with Crippen LogP contribution in [0.1, 0.15) is 46.0 Å². The first-order valence-electron chi connectivity index (χ1n) is 6.64. The average molecular weight is 252 g/mol. The molecule has 1 atom stereocenters. The van der Waals surface area contributed by atoms with Crippen LogP contribution in [0.15, 0.2) is 12.1 Å². The zero-order valence-corrected chi connectivity index (χ0v) is 11.6. The summed E-state index contributed by atoms with van der Waals surface area (Å²) in [5.41, 5.74) is 6.38. The first kappa shape index (κ1) is 14.6. The number of unbranched alkanes of at least 4 members (excludes halogenated alkanes) is 3. The Balaban J connectivity index is 2.45. The molecule has 0 aromatic carbocycles. The van der Waals surface area contributed by atoms with Crippen LogP contribution in [0.5, 0.6) is 11.8 Å². The summed E-state index contributed by atoms with van der Waals surface area (Å²) in [5.74, 6) is 0.995. The Hall–Kier alpha value is -1.45. The highest BCUT2D eigenvalue weighted by Crippen LogP contribution is 2.23. The summed E-state index contributed by atoms with van der Waals surface area (Å²) in [6.45, 7) is 4.26. The summed E-state index contributed by atoms with van der Waals surface area (Å²) in [4.78, 5) is 4.21. The molecule has 1 aromatic heterocycles. The maximum atomic E-state index is 5.83. The molecule has 0 spiro atoms. The Kier molecular flexibility index (Phi) is 6.33. The molecule has 1 rings (SSSR count). The lowest BCUT2D eigenvalue weighted by atomic mass is 10.1. The van der Waals surface area contributed by atoms with Crippen LogP contribution in [-0.2, 0) is 0 Å². The molecule has 1 aromatic rings. The van der Waals surface area contributed by atoms with Crippen LogP contribution in [0, 0.1) is 0 Å². The molecule has 0 aliphatic carbocycles. The van der Waals surface area contributed by atoms with Crippen LogP contribution in [0.25, 0.3) is 0 Å². The van der Waals surface area contributed by atoms with Crippen molar-refractivity contribution in [3.63, 3.8) is 0 Å². The van der Waals surface area contributed by atoms with Gasteiger partial charge in [0.25, 0.3) is 0 Å². The number of methoxy groups -OCH3 is 1. The van der Waals surface area contributed by atoms with Gasteiger partial charge in [-0.05, 0) is 25.8 Å². The van der Waals surface area contributed by atoms with Crippen molar-refractivity contribution in [3.05, 3.63) is 12.1 Å². The monoisotopic (exact) mass is 252 g/mol. The first-order chi connectivity index (χ1) is 8.67. The van der Waals surface area contributed by atoms with E-state index in [9.17, 15) is 0 Å². The fourth-order valence-electron chi connectivity index (χ4n) is 1.75. The minimum atomic E-state index is 0.128. The number of nitrogen functional groups attached to an aromatic ring is 1.